The van der Waals surface area contributed by atoms with Gasteiger partial charge < -0.3 is 9.79 Å². The molecule has 2 N–H and O–H groups in total. The van der Waals surface area contributed by atoms with E-state index in [1.807, 2.05) is 0 Å². The lowest BCUT2D eigenvalue weighted by Gasteiger charge is -2.35. The van der Waals surface area contributed by atoms with Crippen molar-refractivity contribution >= 4 is 36.6 Å². The van der Waals surface area contributed by atoms with E-state index in [-0.39, 0.29) is 11.3 Å². The van der Waals surface area contributed by atoms with E-state index in [1.54, 1.807) is 0 Å². The fraction of sp³-hybridized carbons (Fsp3) is 1.00. The molecule has 2 fully saturated rings. The fourth-order valence-corrected chi connectivity index (χ4v) is 11.0. The van der Waals surface area contributed by atoms with E-state index >= 15 is 0 Å². The van der Waals surface area contributed by atoms with Crippen LogP contribution in [0.1, 0.15) is 64.2 Å². The van der Waals surface area contributed by atoms with Crippen LogP contribution in [0, 0.1) is 0 Å². The van der Waals surface area contributed by atoms with Gasteiger partial charge in [0.25, 0.3) is 0 Å². The third-order valence-electron chi connectivity index (χ3n) is 4.31. The molecule has 2 aliphatic carbocycles. The van der Waals surface area contributed by atoms with Gasteiger partial charge in [-0.2, -0.15) is 0 Å². The minimum absolute atomic E-state index is 0.0503. The molecule has 7 heteroatoms. The summed E-state index contributed by atoms with van der Waals surface area (Å²) in [5, 5.41) is 0. The molecule has 0 saturated heterocycles. The summed E-state index contributed by atoms with van der Waals surface area (Å²) in [7, 11) is 0. The molecule has 2 saturated carbocycles. The van der Waals surface area contributed by atoms with E-state index in [9.17, 15) is 9.79 Å². The van der Waals surface area contributed by atoms with Gasteiger partial charge in [-0.15, -0.1) is 0 Å². The van der Waals surface area contributed by atoms with Gasteiger partial charge in [-0.05, 0) is 49.3 Å². The number of hydrogen-bond acceptors (Lipinski definition) is 3. The molecule has 0 aromatic heterocycles. The Balaban J connectivity index is 2.00. The molecular weight excluding hydrogens is 318 g/mol. The van der Waals surface area contributed by atoms with E-state index in [0.717, 1.165) is 51.4 Å². The van der Waals surface area contributed by atoms with Gasteiger partial charge in [-0.3, -0.25) is 4.31 Å². The summed E-state index contributed by atoms with van der Waals surface area (Å²) in [6.45, 7) is -5.86. The van der Waals surface area contributed by atoms with Crippen molar-refractivity contribution in [2.75, 3.05) is 0 Å². The van der Waals surface area contributed by atoms with E-state index in [1.165, 1.54) is 12.8 Å². The molecule has 112 valence electrons. The number of hydrogen-bond donors (Lipinski definition) is 2. The van der Waals surface area contributed by atoms with Crippen LogP contribution in [0.3, 0.4) is 0 Å². The predicted octanol–water partition coefficient (Wildman–Crippen LogP) is 4.27. The summed E-state index contributed by atoms with van der Waals surface area (Å²) in [6.07, 6.45) is 10.5. The van der Waals surface area contributed by atoms with Gasteiger partial charge in [-0.25, -0.2) is 0 Å². The highest BCUT2D eigenvalue weighted by atomic mass is 32.5. The van der Waals surface area contributed by atoms with E-state index < -0.39 is 13.0 Å². The van der Waals surface area contributed by atoms with E-state index in [0.29, 0.717) is 0 Å². The first kappa shape index (κ1) is 16.5. The van der Waals surface area contributed by atoms with Gasteiger partial charge >= 0.3 is 0 Å². The molecular formula is C12H24O3P2S2. The zero-order valence-corrected chi connectivity index (χ0v) is 14.7. The molecule has 2 rings (SSSR count). The molecule has 0 heterocycles. The lowest BCUT2D eigenvalue weighted by atomic mass is 10.0. The summed E-state index contributed by atoms with van der Waals surface area (Å²) in [5.74, 6) is 0. The minimum Gasteiger partial charge on any atom is -0.345 e. The first-order valence-corrected chi connectivity index (χ1v) is 12.8. The Hall–Kier alpha value is 1.18. The molecule has 3 nitrogen and oxygen atoms in total. The van der Waals surface area contributed by atoms with Crippen LogP contribution in [0.5, 0.6) is 0 Å². The monoisotopic (exact) mass is 342 g/mol. The van der Waals surface area contributed by atoms with Crippen molar-refractivity contribution in [2.45, 2.75) is 75.5 Å². The van der Waals surface area contributed by atoms with Crippen LogP contribution in [0.2, 0.25) is 0 Å². The van der Waals surface area contributed by atoms with Gasteiger partial charge in [-0.1, -0.05) is 38.5 Å². The van der Waals surface area contributed by atoms with Gasteiger partial charge in [0.05, 0.1) is 0 Å². The zero-order chi connectivity index (χ0) is 13.9. The van der Waals surface area contributed by atoms with Crippen molar-refractivity contribution in [2.24, 2.45) is 0 Å². The van der Waals surface area contributed by atoms with Crippen molar-refractivity contribution in [1.82, 2.24) is 0 Å². The topological polar surface area (TPSA) is 49.7 Å². The van der Waals surface area contributed by atoms with Crippen LogP contribution in [0.15, 0.2) is 0 Å². The smallest absolute Gasteiger partial charge is 0.195 e. The zero-order valence-electron chi connectivity index (χ0n) is 11.2. The van der Waals surface area contributed by atoms with Crippen LogP contribution in [-0.4, -0.2) is 21.1 Å². The van der Waals surface area contributed by atoms with Crippen molar-refractivity contribution in [1.29, 1.82) is 0 Å². The second-order valence-corrected chi connectivity index (χ2v) is 13.3. The fourth-order valence-electron chi connectivity index (χ4n) is 3.12. The van der Waals surface area contributed by atoms with Crippen molar-refractivity contribution in [3.05, 3.63) is 0 Å². The Morgan fingerprint density at radius 2 is 1.00 bits per heavy atom. The lowest BCUT2D eigenvalue weighted by molar-refractivity contribution is 0.388. The SMILES string of the molecule is OP(=S)(OP(O)(=S)C1CCCCC1)C1CCCCC1. The molecule has 0 aromatic rings. The van der Waals surface area contributed by atoms with Gasteiger partial charge in [0, 0.05) is 11.3 Å². The van der Waals surface area contributed by atoms with E-state index in [4.69, 9.17) is 27.9 Å². The first-order chi connectivity index (χ1) is 8.92. The average molecular weight is 342 g/mol. The Bertz CT molecular complexity index is 354. The highest BCUT2D eigenvalue weighted by Gasteiger charge is 2.37. The number of rotatable bonds is 4. The van der Waals surface area contributed by atoms with Gasteiger partial charge in [0.15, 0.2) is 13.0 Å². The maximum atomic E-state index is 10.5. The van der Waals surface area contributed by atoms with Crippen molar-refractivity contribution < 1.29 is 14.1 Å². The lowest BCUT2D eigenvalue weighted by Crippen LogP contribution is -2.18. The molecule has 2 unspecified atom stereocenters. The molecule has 0 bridgehead atoms. The molecule has 0 aromatic carbocycles. The van der Waals surface area contributed by atoms with Gasteiger partial charge in [0.1, 0.15) is 0 Å². The maximum Gasteiger partial charge on any atom is 0.195 e. The predicted molar refractivity (Wildman–Crippen MR) is 87.8 cm³/mol. The second kappa shape index (κ2) is 6.96. The summed E-state index contributed by atoms with van der Waals surface area (Å²) < 4.78 is 5.67. The standard InChI is InChI=1S/C12H24O3P2S2/c13-16(18,11-7-3-1-4-8-11)15-17(14,19)12-9-5-2-6-10-12/h11-12H,1-10H2,(H,13,18)(H,14,19). The van der Waals surface area contributed by atoms with Crippen LogP contribution in [0.4, 0.5) is 0 Å². The Morgan fingerprint density at radius 3 is 1.32 bits per heavy atom. The first-order valence-electron chi connectivity index (χ1n) is 7.28. The molecule has 0 aliphatic heterocycles. The summed E-state index contributed by atoms with van der Waals surface area (Å²) in [4.78, 5) is 21.0. The molecule has 19 heavy (non-hydrogen) atoms. The highest BCUT2D eigenvalue weighted by Crippen LogP contribution is 2.67. The quantitative estimate of drug-likeness (QED) is 0.747. The largest absolute Gasteiger partial charge is 0.345 e. The Kier molecular flexibility index (Phi) is 6.06. The van der Waals surface area contributed by atoms with Crippen molar-refractivity contribution in [3.63, 3.8) is 0 Å². The summed E-state index contributed by atoms with van der Waals surface area (Å²) in [5.41, 5.74) is 0.101. The van der Waals surface area contributed by atoms with Crippen LogP contribution >= 0.6 is 13.0 Å². The third-order valence-corrected chi connectivity index (χ3v) is 12.0. The average Bonchev–Trinajstić information content (AvgIpc) is 2.40. The van der Waals surface area contributed by atoms with Crippen LogP contribution in [-0.2, 0) is 27.9 Å². The summed E-state index contributed by atoms with van der Waals surface area (Å²) >= 11 is 10.7. The highest BCUT2D eigenvalue weighted by molar-refractivity contribution is 8.17. The van der Waals surface area contributed by atoms with Gasteiger partial charge in [0.2, 0.25) is 0 Å². The van der Waals surface area contributed by atoms with Crippen molar-refractivity contribution in [3.8, 4) is 0 Å². The van der Waals surface area contributed by atoms with E-state index in [2.05, 4.69) is 0 Å². The maximum absolute atomic E-state index is 10.5. The Labute approximate surface area is 126 Å². The normalized spacial score (nSPS) is 29.6. The molecule has 2 atom stereocenters. The minimum atomic E-state index is -2.93. The van der Waals surface area contributed by atoms with Crippen LogP contribution < -0.4 is 0 Å². The molecule has 0 amide bonds. The Morgan fingerprint density at radius 1 is 0.684 bits per heavy atom. The third kappa shape index (κ3) is 4.57. The molecule has 0 radical (unpaired) electrons. The second-order valence-electron chi connectivity index (χ2n) is 5.79. The molecule has 0 spiro atoms. The summed E-state index contributed by atoms with van der Waals surface area (Å²) in [6, 6.07) is 0. The molecule has 2 aliphatic rings. The van der Waals surface area contributed by atoms with Crippen LogP contribution in [0.25, 0.3) is 0 Å².